The average molecular weight is 480 g/mol. The second-order valence-corrected chi connectivity index (χ2v) is 9.86. The number of aryl methyl sites for hydroxylation is 1. The lowest BCUT2D eigenvalue weighted by Gasteiger charge is -2.33. The number of sulfonamides is 1. The molecule has 7 nitrogen and oxygen atoms in total. The molecule has 1 N–H and O–H groups in total. The van der Waals surface area contributed by atoms with Crippen molar-refractivity contribution in [2.24, 2.45) is 0 Å². The molecule has 0 aliphatic rings. The van der Waals surface area contributed by atoms with Gasteiger partial charge in [-0.15, -0.1) is 0 Å². The molecule has 2 rings (SSSR count). The summed E-state index contributed by atoms with van der Waals surface area (Å²) in [7, 11) is -3.78. The number of rotatable bonds is 10. The van der Waals surface area contributed by atoms with Gasteiger partial charge in [-0.2, -0.15) is 0 Å². The Morgan fingerprint density at radius 3 is 2.34 bits per heavy atom. The number of nitrogens with zero attached hydrogens (tertiary/aromatic N) is 2. The van der Waals surface area contributed by atoms with Gasteiger partial charge in [-0.05, 0) is 49.6 Å². The maximum absolute atomic E-state index is 13.5. The molecule has 2 aromatic carbocycles. The summed E-state index contributed by atoms with van der Waals surface area (Å²) in [4.78, 5) is 27.7. The molecule has 0 bridgehead atoms. The molecule has 0 saturated heterocycles. The van der Waals surface area contributed by atoms with Gasteiger partial charge < -0.3 is 10.2 Å². The summed E-state index contributed by atoms with van der Waals surface area (Å²) in [6.45, 7) is 5.74. The lowest BCUT2D eigenvalue weighted by Crippen LogP contribution is -2.52. The van der Waals surface area contributed by atoms with Crippen LogP contribution in [0.2, 0.25) is 5.02 Å². The molecular formula is C23H30ClN3O4S. The zero-order valence-electron chi connectivity index (χ0n) is 18.8. The van der Waals surface area contributed by atoms with Gasteiger partial charge in [-0.25, -0.2) is 8.42 Å². The van der Waals surface area contributed by atoms with Crippen molar-refractivity contribution in [3.05, 3.63) is 64.7 Å². The van der Waals surface area contributed by atoms with Crippen molar-refractivity contribution in [2.75, 3.05) is 23.7 Å². The van der Waals surface area contributed by atoms with Gasteiger partial charge in [0.1, 0.15) is 12.6 Å². The summed E-state index contributed by atoms with van der Waals surface area (Å²) in [6.07, 6.45) is 1.42. The standard InChI is InChI=1S/C23H30ClN3O4S/c1-5-21(23(29)25-6-2)26(15-18-11-8-7-10-17(18)3)22(28)16-27(32(4,30)31)20-13-9-12-19(24)14-20/h7-14,21H,5-6,15-16H2,1-4H3,(H,25,29)/t21-/m1/s1. The lowest BCUT2D eigenvalue weighted by molar-refractivity contribution is -0.140. The van der Waals surface area contributed by atoms with Crippen LogP contribution in [0.25, 0.3) is 0 Å². The van der Waals surface area contributed by atoms with Crippen LogP contribution < -0.4 is 9.62 Å². The first kappa shape index (κ1) is 25.7. The summed E-state index contributed by atoms with van der Waals surface area (Å²) < 4.78 is 26.1. The van der Waals surface area contributed by atoms with Crippen LogP contribution in [0.3, 0.4) is 0 Å². The number of benzene rings is 2. The number of halogens is 1. The van der Waals surface area contributed by atoms with Gasteiger partial charge in [-0.3, -0.25) is 13.9 Å². The van der Waals surface area contributed by atoms with Crippen LogP contribution >= 0.6 is 11.6 Å². The minimum absolute atomic E-state index is 0.189. The Morgan fingerprint density at radius 1 is 1.09 bits per heavy atom. The van der Waals surface area contributed by atoms with E-state index in [1.165, 1.54) is 11.0 Å². The normalized spacial score (nSPS) is 12.2. The van der Waals surface area contributed by atoms with Crippen molar-refractivity contribution >= 4 is 39.1 Å². The number of carbonyl (C=O) groups excluding carboxylic acids is 2. The molecule has 32 heavy (non-hydrogen) atoms. The Balaban J connectivity index is 2.45. The summed E-state index contributed by atoms with van der Waals surface area (Å²) in [5.74, 6) is -0.748. The summed E-state index contributed by atoms with van der Waals surface area (Å²) in [6, 6.07) is 13.2. The van der Waals surface area contributed by atoms with E-state index < -0.39 is 28.5 Å². The monoisotopic (exact) mass is 479 g/mol. The Labute approximate surface area is 195 Å². The number of anilines is 1. The number of hydrogen-bond donors (Lipinski definition) is 1. The number of amides is 2. The first-order valence-corrected chi connectivity index (χ1v) is 12.7. The number of nitrogens with one attached hydrogen (secondary N) is 1. The number of likely N-dealkylation sites (N-methyl/N-ethyl adjacent to an activating group) is 1. The van der Waals surface area contributed by atoms with Crippen molar-refractivity contribution in [2.45, 2.75) is 39.8 Å². The topological polar surface area (TPSA) is 86.8 Å². The molecule has 0 heterocycles. The third-order valence-electron chi connectivity index (χ3n) is 5.11. The Bertz CT molecular complexity index is 1060. The third kappa shape index (κ3) is 6.71. The van der Waals surface area contributed by atoms with E-state index in [0.29, 0.717) is 18.0 Å². The van der Waals surface area contributed by atoms with E-state index in [1.807, 2.05) is 45.0 Å². The second kappa shape index (κ2) is 11.3. The highest BCUT2D eigenvalue weighted by Crippen LogP contribution is 2.23. The molecule has 0 fully saturated rings. The Kier molecular flexibility index (Phi) is 9.09. The lowest BCUT2D eigenvalue weighted by atomic mass is 10.1. The molecule has 0 aliphatic carbocycles. The van der Waals surface area contributed by atoms with Gasteiger partial charge in [0.05, 0.1) is 11.9 Å². The van der Waals surface area contributed by atoms with Crippen LogP contribution in [-0.4, -0.2) is 50.5 Å². The zero-order valence-corrected chi connectivity index (χ0v) is 20.4. The highest BCUT2D eigenvalue weighted by atomic mass is 35.5. The Hall–Kier alpha value is -2.58. The maximum Gasteiger partial charge on any atom is 0.244 e. The molecule has 0 aromatic heterocycles. The SMILES string of the molecule is CCNC(=O)[C@@H](CC)N(Cc1ccccc1C)C(=O)CN(c1cccc(Cl)c1)S(C)(=O)=O. The molecule has 0 saturated carbocycles. The van der Waals surface area contributed by atoms with Crippen molar-refractivity contribution in [3.63, 3.8) is 0 Å². The quantitative estimate of drug-likeness (QED) is 0.566. The first-order valence-electron chi connectivity index (χ1n) is 10.4. The zero-order chi connectivity index (χ0) is 23.9. The molecule has 174 valence electrons. The summed E-state index contributed by atoms with van der Waals surface area (Å²) in [5.41, 5.74) is 2.15. The van der Waals surface area contributed by atoms with Gasteiger partial charge in [0, 0.05) is 18.1 Å². The van der Waals surface area contributed by atoms with Gasteiger partial charge in [0.2, 0.25) is 21.8 Å². The smallest absolute Gasteiger partial charge is 0.244 e. The van der Waals surface area contributed by atoms with E-state index in [0.717, 1.165) is 21.7 Å². The van der Waals surface area contributed by atoms with E-state index >= 15 is 0 Å². The fraction of sp³-hybridized carbons (Fsp3) is 0.391. The van der Waals surface area contributed by atoms with Gasteiger partial charge in [0.25, 0.3) is 0 Å². The van der Waals surface area contributed by atoms with E-state index in [-0.39, 0.29) is 18.1 Å². The van der Waals surface area contributed by atoms with E-state index in [9.17, 15) is 18.0 Å². The highest BCUT2D eigenvalue weighted by molar-refractivity contribution is 7.92. The van der Waals surface area contributed by atoms with E-state index in [2.05, 4.69) is 5.32 Å². The summed E-state index contributed by atoms with van der Waals surface area (Å²) >= 11 is 6.04. The van der Waals surface area contributed by atoms with E-state index in [4.69, 9.17) is 11.6 Å². The molecule has 0 spiro atoms. The van der Waals surface area contributed by atoms with Crippen molar-refractivity contribution < 1.29 is 18.0 Å². The maximum atomic E-state index is 13.5. The molecule has 9 heteroatoms. The molecule has 0 aliphatic heterocycles. The Morgan fingerprint density at radius 2 is 1.78 bits per heavy atom. The van der Waals surface area contributed by atoms with Crippen LogP contribution in [0.15, 0.2) is 48.5 Å². The molecule has 2 amide bonds. The van der Waals surface area contributed by atoms with Crippen LogP contribution in [0.4, 0.5) is 5.69 Å². The van der Waals surface area contributed by atoms with E-state index in [1.54, 1.807) is 18.2 Å². The van der Waals surface area contributed by atoms with Crippen molar-refractivity contribution in [3.8, 4) is 0 Å². The van der Waals surface area contributed by atoms with Gasteiger partial charge in [0.15, 0.2) is 0 Å². The van der Waals surface area contributed by atoms with Crippen molar-refractivity contribution in [1.29, 1.82) is 0 Å². The van der Waals surface area contributed by atoms with Crippen LogP contribution in [0, 0.1) is 6.92 Å². The third-order valence-corrected chi connectivity index (χ3v) is 6.49. The number of carbonyl (C=O) groups is 2. The second-order valence-electron chi connectivity index (χ2n) is 7.52. The van der Waals surface area contributed by atoms with Gasteiger partial charge in [-0.1, -0.05) is 48.9 Å². The first-order chi connectivity index (χ1) is 15.1. The van der Waals surface area contributed by atoms with Crippen molar-refractivity contribution in [1.82, 2.24) is 10.2 Å². The minimum atomic E-state index is -3.78. The molecule has 2 aromatic rings. The van der Waals surface area contributed by atoms with Crippen LogP contribution in [0.1, 0.15) is 31.4 Å². The molecule has 0 radical (unpaired) electrons. The van der Waals surface area contributed by atoms with Crippen LogP contribution in [0.5, 0.6) is 0 Å². The predicted octanol–water partition coefficient (Wildman–Crippen LogP) is 3.36. The largest absolute Gasteiger partial charge is 0.355 e. The molecule has 1 atom stereocenters. The number of hydrogen-bond acceptors (Lipinski definition) is 4. The minimum Gasteiger partial charge on any atom is -0.355 e. The fourth-order valence-electron chi connectivity index (χ4n) is 3.43. The molecular weight excluding hydrogens is 450 g/mol. The average Bonchev–Trinajstić information content (AvgIpc) is 2.72. The summed E-state index contributed by atoms with van der Waals surface area (Å²) in [5, 5.41) is 3.13. The predicted molar refractivity (Wildman–Crippen MR) is 128 cm³/mol. The molecule has 0 unspecified atom stereocenters. The van der Waals surface area contributed by atoms with Crippen LogP contribution in [-0.2, 0) is 26.2 Å². The highest BCUT2D eigenvalue weighted by Gasteiger charge is 2.31. The van der Waals surface area contributed by atoms with Gasteiger partial charge >= 0.3 is 0 Å². The fourth-order valence-corrected chi connectivity index (χ4v) is 4.45.